The molecule has 0 aliphatic rings. The van der Waals surface area contributed by atoms with Crippen molar-refractivity contribution in [3.05, 3.63) is 22.7 Å². The number of hydrogen-bond donors (Lipinski definition) is 1. The van der Waals surface area contributed by atoms with Crippen LogP contribution in [0.4, 0.5) is 18.9 Å². The molecule has 2 N–H and O–H groups in total. The molecule has 17 heavy (non-hydrogen) atoms. The predicted molar refractivity (Wildman–Crippen MR) is 64.4 cm³/mol. The Kier molecular flexibility index (Phi) is 4.71. The molecule has 0 bridgehead atoms. The van der Waals surface area contributed by atoms with Crippen molar-refractivity contribution < 1.29 is 13.2 Å². The van der Waals surface area contributed by atoms with Crippen molar-refractivity contribution in [2.24, 2.45) is 5.92 Å². The number of nitrogens with two attached hydrogens (primary N) is 1. The molecule has 0 aromatic heterocycles. The van der Waals surface area contributed by atoms with Crippen LogP contribution in [0, 0.1) is 17.2 Å². The number of nitriles is 1. The summed E-state index contributed by atoms with van der Waals surface area (Å²) in [5.41, 5.74) is 6.04. The number of benzene rings is 1. The summed E-state index contributed by atoms with van der Waals surface area (Å²) in [5, 5.41) is 8.43. The van der Waals surface area contributed by atoms with E-state index in [0.717, 1.165) is 16.2 Å². The lowest BCUT2D eigenvalue weighted by Gasteiger charge is -2.13. The van der Waals surface area contributed by atoms with E-state index in [4.69, 9.17) is 11.0 Å². The Morgan fingerprint density at radius 2 is 2.12 bits per heavy atom. The molecule has 0 amide bonds. The zero-order chi connectivity index (χ0) is 13.1. The van der Waals surface area contributed by atoms with E-state index in [0.29, 0.717) is 10.6 Å². The lowest BCUT2D eigenvalue weighted by atomic mass is 10.2. The highest BCUT2D eigenvalue weighted by Gasteiger charge is 2.39. The quantitative estimate of drug-likeness (QED) is 0.679. The van der Waals surface area contributed by atoms with Crippen molar-refractivity contribution in [3.8, 4) is 6.07 Å². The molecule has 92 valence electrons. The van der Waals surface area contributed by atoms with Gasteiger partial charge in [-0.05, 0) is 18.2 Å². The molecule has 0 saturated heterocycles. The molecule has 1 atom stereocenters. The Bertz CT molecular complexity index is 442. The summed E-state index contributed by atoms with van der Waals surface area (Å²) in [6.07, 6.45) is -4.49. The van der Waals surface area contributed by atoms with Crippen LogP contribution in [-0.4, -0.2) is 11.9 Å². The minimum absolute atomic E-state index is 0.355. The molecule has 2 nitrogen and oxygen atoms in total. The first-order chi connectivity index (χ1) is 7.84. The highest BCUT2D eigenvalue weighted by molar-refractivity contribution is 9.10. The second-order valence-electron chi connectivity index (χ2n) is 3.22. The highest BCUT2D eigenvalue weighted by atomic mass is 79.9. The van der Waals surface area contributed by atoms with E-state index in [1.54, 1.807) is 18.2 Å². The normalized spacial score (nSPS) is 13.1. The van der Waals surface area contributed by atoms with Gasteiger partial charge < -0.3 is 5.73 Å². The SMILES string of the molecule is N#CC(CSc1ccc(Br)cc1N)C(F)(F)F. The third-order valence-electron chi connectivity index (χ3n) is 1.93. The summed E-state index contributed by atoms with van der Waals surface area (Å²) < 4.78 is 37.7. The first-order valence-corrected chi connectivity index (χ1v) is 6.26. The van der Waals surface area contributed by atoms with Gasteiger partial charge in [-0.25, -0.2) is 0 Å². The molecular formula is C10H8BrF3N2S. The molecular weight excluding hydrogens is 317 g/mol. The number of rotatable bonds is 3. The second-order valence-corrected chi connectivity index (χ2v) is 5.19. The Hall–Kier alpha value is -0.870. The summed E-state index contributed by atoms with van der Waals surface area (Å²) in [5.74, 6) is -2.33. The number of anilines is 1. The van der Waals surface area contributed by atoms with E-state index in [2.05, 4.69) is 15.9 Å². The van der Waals surface area contributed by atoms with Gasteiger partial charge in [-0.15, -0.1) is 11.8 Å². The Morgan fingerprint density at radius 1 is 1.47 bits per heavy atom. The molecule has 7 heteroatoms. The summed E-state index contributed by atoms with van der Waals surface area (Å²) in [4.78, 5) is 0.540. The zero-order valence-electron chi connectivity index (χ0n) is 8.46. The van der Waals surface area contributed by atoms with Crippen LogP contribution in [0.2, 0.25) is 0 Å². The maximum Gasteiger partial charge on any atom is 0.405 e. The maximum absolute atomic E-state index is 12.3. The number of alkyl halides is 3. The Labute approximate surface area is 109 Å². The van der Waals surface area contributed by atoms with Crippen LogP contribution in [-0.2, 0) is 0 Å². The van der Waals surface area contributed by atoms with Gasteiger partial charge in [-0.3, -0.25) is 0 Å². The van der Waals surface area contributed by atoms with Gasteiger partial charge in [0.05, 0.1) is 6.07 Å². The fourth-order valence-electron chi connectivity index (χ4n) is 1.03. The Balaban J connectivity index is 2.71. The van der Waals surface area contributed by atoms with E-state index in [1.165, 1.54) is 6.07 Å². The number of hydrogen-bond acceptors (Lipinski definition) is 3. The lowest BCUT2D eigenvalue weighted by Crippen LogP contribution is -2.23. The van der Waals surface area contributed by atoms with Crippen LogP contribution in [0.5, 0.6) is 0 Å². The molecule has 0 aliphatic carbocycles. The van der Waals surface area contributed by atoms with Crippen LogP contribution in [0.15, 0.2) is 27.6 Å². The molecule has 0 heterocycles. The van der Waals surface area contributed by atoms with E-state index in [-0.39, 0.29) is 5.75 Å². The molecule has 1 unspecified atom stereocenters. The van der Waals surface area contributed by atoms with Crippen LogP contribution in [0.1, 0.15) is 0 Å². The van der Waals surface area contributed by atoms with E-state index < -0.39 is 12.1 Å². The largest absolute Gasteiger partial charge is 0.405 e. The molecule has 0 aliphatic heterocycles. The Morgan fingerprint density at radius 3 is 2.59 bits per heavy atom. The second kappa shape index (κ2) is 5.65. The molecule has 0 saturated carbocycles. The van der Waals surface area contributed by atoms with Crippen LogP contribution < -0.4 is 5.73 Å². The summed E-state index contributed by atoms with van der Waals surface area (Å²) in [6, 6.07) is 6.16. The molecule has 1 aromatic rings. The first kappa shape index (κ1) is 14.2. The fourth-order valence-corrected chi connectivity index (χ4v) is 2.41. The first-order valence-electron chi connectivity index (χ1n) is 4.48. The van der Waals surface area contributed by atoms with Crippen LogP contribution in [0.25, 0.3) is 0 Å². The smallest absolute Gasteiger partial charge is 0.398 e. The van der Waals surface area contributed by atoms with Gasteiger partial charge in [0.1, 0.15) is 0 Å². The van der Waals surface area contributed by atoms with Crippen LogP contribution >= 0.6 is 27.7 Å². The summed E-state index contributed by atoms with van der Waals surface area (Å²) in [7, 11) is 0. The van der Waals surface area contributed by atoms with E-state index in [1.807, 2.05) is 0 Å². The highest BCUT2D eigenvalue weighted by Crippen LogP contribution is 2.34. The molecule has 0 spiro atoms. The van der Waals surface area contributed by atoms with Crippen molar-refractivity contribution in [1.29, 1.82) is 5.26 Å². The van der Waals surface area contributed by atoms with Crippen molar-refractivity contribution >= 4 is 33.4 Å². The topological polar surface area (TPSA) is 49.8 Å². The third-order valence-corrected chi connectivity index (χ3v) is 3.60. The standard InChI is InChI=1S/C10H8BrF3N2S/c11-7-1-2-9(8(16)3-7)17-5-6(4-15)10(12,13)14/h1-3,6H,5,16H2. The number of thioether (sulfide) groups is 1. The minimum Gasteiger partial charge on any atom is -0.398 e. The van der Waals surface area contributed by atoms with Crippen molar-refractivity contribution in [2.45, 2.75) is 11.1 Å². The number of nitrogens with zero attached hydrogens (tertiary/aromatic N) is 1. The molecule has 0 radical (unpaired) electrons. The van der Waals surface area contributed by atoms with Gasteiger partial charge in [0.25, 0.3) is 0 Å². The van der Waals surface area contributed by atoms with E-state index >= 15 is 0 Å². The number of halogens is 4. The van der Waals surface area contributed by atoms with Gasteiger partial charge in [-0.2, -0.15) is 18.4 Å². The minimum atomic E-state index is -4.49. The molecule has 0 fully saturated rings. The number of nitrogen functional groups attached to an aromatic ring is 1. The molecule has 1 rings (SSSR count). The predicted octanol–water partition coefficient (Wildman–Crippen LogP) is 3.83. The van der Waals surface area contributed by atoms with Crippen molar-refractivity contribution in [2.75, 3.05) is 11.5 Å². The fraction of sp³-hybridized carbons (Fsp3) is 0.300. The van der Waals surface area contributed by atoms with Crippen molar-refractivity contribution in [1.82, 2.24) is 0 Å². The maximum atomic E-state index is 12.3. The lowest BCUT2D eigenvalue weighted by molar-refractivity contribution is -0.152. The van der Waals surface area contributed by atoms with Crippen molar-refractivity contribution in [3.63, 3.8) is 0 Å². The summed E-state index contributed by atoms with van der Waals surface area (Å²) >= 11 is 4.13. The van der Waals surface area contributed by atoms with Gasteiger partial charge in [0.2, 0.25) is 0 Å². The van der Waals surface area contributed by atoms with Gasteiger partial charge in [0, 0.05) is 20.8 Å². The average molecular weight is 325 g/mol. The van der Waals surface area contributed by atoms with Gasteiger partial charge in [0.15, 0.2) is 5.92 Å². The monoisotopic (exact) mass is 324 g/mol. The van der Waals surface area contributed by atoms with Gasteiger partial charge >= 0.3 is 6.18 Å². The van der Waals surface area contributed by atoms with Gasteiger partial charge in [-0.1, -0.05) is 15.9 Å². The summed E-state index contributed by atoms with van der Waals surface area (Å²) in [6.45, 7) is 0. The molecule has 1 aromatic carbocycles. The van der Waals surface area contributed by atoms with E-state index in [9.17, 15) is 13.2 Å². The average Bonchev–Trinajstić information content (AvgIpc) is 2.19. The van der Waals surface area contributed by atoms with Crippen LogP contribution in [0.3, 0.4) is 0 Å². The third kappa shape index (κ3) is 4.13. The zero-order valence-corrected chi connectivity index (χ0v) is 10.9.